The Morgan fingerprint density at radius 3 is 1.53 bits per heavy atom. The molecule has 5 fully saturated rings. The van der Waals surface area contributed by atoms with Gasteiger partial charge in [0.2, 0.25) is 0 Å². The molecule has 7 heterocycles. The molecular weight excluding hydrogens is 1120 g/mol. The molecule has 1 aromatic carbocycles. The standard InChI is InChI=1S/C20H27N3O7.C13H10N2O7.C13H22N2O3.C11H17NO3/c1-13-11-14(23(12-13)19(27)30-20(2,3)4)17-22(8-9-28-17)18(26)29-10-7-21-15(24)5-6-16(21)25;16-11-5-6-12(17)14(11)7-8-21-13(18)22-10-3-1-9(2-4-10)15(19)20;1-9-7-10(11-14-5-6-17-11)15(8-9)12(16)18-13(2,3)4;1-8-5-9(7-13)12(6-8)10(14)15-11(2,3)4/h5-6,14,17H,1,7-12H2,2-4H3;1-6H,7-8H2;10-11,14H,1,5-8H2,2-4H3;7,9H,1,5-6H2,2-4H3/t14?,17-;;10-,11?;9-/m0.00/s1. The van der Waals surface area contributed by atoms with Crippen molar-refractivity contribution in [2.75, 3.05) is 72.2 Å². The Morgan fingerprint density at radius 1 is 0.624 bits per heavy atom. The quantitative estimate of drug-likeness (QED) is 0.0414. The van der Waals surface area contributed by atoms with Crippen LogP contribution in [0.3, 0.4) is 0 Å². The van der Waals surface area contributed by atoms with Gasteiger partial charge >= 0.3 is 30.5 Å². The highest BCUT2D eigenvalue weighted by molar-refractivity contribution is 6.13. The van der Waals surface area contributed by atoms with Crippen LogP contribution in [-0.2, 0) is 57.1 Å². The SMILES string of the molecule is C=C1CC([C@@H]2OCCN2C(=O)OCCN2C(=O)C=CC2=O)N(C(=O)OC(C)(C)C)C1.C=C1C[C@@H](C2NCCO2)N(C(=O)OC(C)(C)C)C1.C=C1C[C@@H](C=O)N(C(=O)OC(C)(C)C)C1.O=C(OCCN1C(=O)C=CC1=O)Oc1ccc([N+](=O)[O-])cc1. The van der Waals surface area contributed by atoms with Crippen molar-refractivity contribution in [2.24, 2.45) is 0 Å². The number of nitrogens with one attached hydrogen (secondary N) is 1. The van der Waals surface area contributed by atoms with Gasteiger partial charge in [-0.25, -0.2) is 24.0 Å². The van der Waals surface area contributed by atoms with E-state index in [1.165, 1.54) is 51.1 Å². The van der Waals surface area contributed by atoms with Crippen LogP contribution in [0, 0.1) is 10.1 Å². The van der Waals surface area contributed by atoms with Crippen molar-refractivity contribution >= 4 is 66.1 Å². The van der Waals surface area contributed by atoms with Crippen molar-refractivity contribution in [2.45, 2.75) is 129 Å². The van der Waals surface area contributed by atoms with E-state index in [2.05, 4.69) is 25.1 Å². The Hall–Kier alpha value is -8.50. The predicted octanol–water partition coefficient (Wildman–Crippen LogP) is 5.56. The smallest absolute Gasteiger partial charge is 0.447 e. The number of nitro groups is 1. The van der Waals surface area contributed by atoms with Crippen LogP contribution >= 0.6 is 0 Å². The van der Waals surface area contributed by atoms with Crippen LogP contribution in [0.1, 0.15) is 81.6 Å². The second kappa shape index (κ2) is 29.3. The molecule has 85 heavy (non-hydrogen) atoms. The van der Waals surface area contributed by atoms with Crippen molar-refractivity contribution in [1.82, 2.24) is 34.7 Å². The molecule has 5 saturated heterocycles. The fourth-order valence-electron chi connectivity index (χ4n) is 8.98. The first-order chi connectivity index (χ1) is 39.7. The van der Waals surface area contributed by atoms with E-state index in [1.54, 1.807) is 46.4 Å². The molecule has 0 bridgehead atoms. The number of non-ortho nitro benzene ring substituents is 1. The molecule has 1 N–H and O–H groups in total. The van der Waals surface area contributed by atoms with Crippen molar-refractivity contribution < 1.29 is 90.8 Å². The molecule has 1 aromatic rings. The molecule has 5 atom stereocenters. The van der Waals surface area contributed by atoms with Crippen LogP contribution in [0.2, 0.25) is 0 Å². The summed E-state index contributed by atoms with van der Waals surface area (Å²) in [6.07, 6.45) is 3.46. The highest BCUT2D eigenvalue weighted by Gasteiger charge is 2.46. The van der Waals surface area contributed by atoms with Gasteiger partial charge in [0.15, 0.2) is 6.23 Å². The Kier molecular flexibility index (Phi) is 23.2. The highest BCUT2D eigenvalue weighted by atomic mass is 16.7. The maximum atomic E-state index is 12.6. The molecule has 0 aliphatic carbocycles. The second-order valence-electron chi connectivity index (χ2n) is 23.1. The predicted molar refractivity (Wildman–Crippen MR) is 300 cm³/mol. The molecule has 7 aliphatic rings. The van der Waals surface area contributed by atoms with E-state index in [4.69, 9.17) is 37.9 Å². The summed E-state index contributed by atoms with van der Waals surface area (Å²) in [6, 6.07) is 4.00. The molecule has 464 valence electrons. The van der Waals surface area contributed by atoms with Gasteiger partial charge in [0.25, 0.3) is 29.3 Å². The number of rotatable bonds is 11. The third kappa shape index (κ3) is 20.4. The summed E-state index contributed by atoms with van der Waals surface area (Å²) in [5.41, 5.74) is 0.970. The Morgan fingerprint density at radius 2 is 1.07 bits per heavy atom. The minimum Gasteiger partial charge on any atom is -0.447 e. The molecule has 8 amide bonds. The normalized spacial score (nSPS) is 21.9. The molecule has 2 unspecified atom stereocenters. The van der Waals surface area contributed by atoms with Gasteiger partial charge in [-0.2, -0.15) is 0 Å². The van der Waals surface area contributed by atoms with E-state index in [0.29, 0.717) is 52.2 Å². The van der Waals surface area contributed by atoms with Crippen molar-refractivity contribution in [3.63, 3.8) is 0 Å². The molecule has 8 rings (SSSR count). The van der Waals surface area contributed by atoms with Gasteiger partial charge in [-0.1, -0.05) is 36.5 Å². The average molecular weight is 1190 g/mol. The number of aldehydes is 1. The van der Waals surface area contributed by atoms with Gasteiger partial charge in [0, 0.05) is 62.6 Å². The van der Waals surface area contributed by atoms with E-state index in [1.807, 2.05) is 20.8 Å². The minimum atomic E-state index is -1.04. The number of ether oxygens (including phenoxy) is 8. The summed E-state index contributed by atoms with van der Waals surface area (Å²) in [4.78, 5) is 135. The monoisotopic (exact) mass is 1190 g/mol. The largest absolute Gasteiger partial charge is 0.513 e. The van der Waals surface area contributed by atoms with Crippen molar-refractivity contribution in [1.29, 1.82) is 0 Å². The lowest BCUT2D eigenvalue weighted by atomic mass is 10.1. The maximum Gasteiger partial charge on any atom is 0.513 e. The number of hydrogen-bond acceptors (Lipinski definition) is 21. The van der Waals surface area contributed by atoms with Gasteiger partial charge < -0.3 is 42.7 Å². The first-order valence-electron chi connectivity index (χ1n) is 27.2. The topological polar surface area (TPSA) is 319 Å². The molecule has 7 aliphatic heterocycles. The number of carbonyl (C=O) groups excluding carboxylic acids is 10. The fourth-order valence-corrected chi connectivity index (χ4v) is 8.98. The molecule has 0 spiro atoms. The zero-order valence-electron chi connectivity index (χ0n) is 49.4. The zero-order valence-corrected chi connectivity index (χ0v) is 49.4. The second-order valence-corrected chi connectivity index (χ2v) is 23.1. The molecule has 28 heteroatoms. The maximum absolute atomic E-state index is 12.6. The third-order valence-corrected chi connectivity index (χ3v) is 12.6. The Balaban J connectivity index is 0.000000214. The summed E-state index contributed by atoms with van der Waals surface area (Å²) in [6.45, 7) is 31.0. The Bertz CT molecular complexity index is 2750. The van der Waals surface area contributed by atoms with Gasteiger partial charge in [0.1, 0.15) is 48.3 Å². The van der Waals surface area contributed by atoms with Gasteiger partial charge in [-0.05, 0) is 93.7 Å². The van der Waals surface area contributed by atoms with Crippen molar-refractivity contribution in [3.05, 3.63) is 95.1 Å². The third-order valence-electron chi connectivity index (χ3n) is 12.6. The molecule has 0 saturated carbocycles. The number of nitrogens with zero attached hydrogens (tertiary/aromatic N) is 7. The van der Waals surface area contributed by atoms with E-state index in [9.17, 15) is 58.1 Å². The van der Waals surface area contributed by atoms with Crippen LogP contribution in [0.25, 0.3) is 0 Å². The van der Waals surface area contributed by atoms with Crippen molar-refractivity contribution in [3.8, 4) is 5.75 Å². The number of imide groups is 2. The molecule has 28 nitrogen and oxygen atoms in total. The fraction of sp³-hybridized carbons (Fsp3) is 0.544. The van der Waals surface area contributed by atoms with Crippen LogP contribution in [-0.4, -0.2) is 214 Å². The number of benzene rings is 1. The number of carbonyl (C=O) groups is 10. The number of nitro benzene ring substituents is 1. The van der Waals surface area contributed by atoms with E-state index >= 15 is 0 Å². The molecule has 0 aromatic heterocycles. The highest BCUT2D eigenvalue weighted by Crippen LogP contribution is 2.32. The van der Waals surface area contributed by atoms with Crippen LogP contribution in [0.5, 0.6) is 5.75 Å². The van der Waals surface area contributed by atoms with E-state index in [0.717, 1.165) is 57.9 Å². The van der Waals surface area contributed by atoms with Crippen LogP contribution in [0.4, 0.5) is 29.7 Å². The van der Waals surface area contributed by atoms with Crippen LogP contribution < -0.4 is 10.1 Å². The summed E-state index contributed by atoms with van der Waals surface area (Å²) in [7, 11) is 0. The summed E-state index contributed by atoms with van der Waals surface area (Å²) < 4.78 is 42.2. The first kappa shape index (κ1) is 67.3. The number of amides is 8. The van der Waals surface area contributed by atoms with Gasteiger partial charge in [-0.15, -0.1) is 0 Å². The Labute approximate surface area is 492 Å². The van der Waals surface area contributed by atoms with Gasteiger partial charge in [-0.3, -0.25) is 64.0 Å². The lowest BCUT2D eigenvalue weighted by Gasteiger charge is -2.34. The van der Waals surface area contributed by atoms with E-state index < -0.39 is 88.1 Å². The lowest BCUT2D eigenvalue weighted by Crippen LogP contribution is -2.51. The summed E-state index contributed by atoms with van der Waals surface area (Å²) in [5, 5.41) is 13.7. The zero-order chi connectivity index (χ0) is 63.1. The average Bonchev–Trinajstić information content (AvgIpc) is 2.58. The summed E-state index contributed by atoms with van der Waals surface area (Å²) in [5.74, 6) is -1.74. The lowest BCUT2D eigenvalue weighted by molar-refractivity contribution is -0.384. The van der Waals surface area contributed by atoms with Gasteiger partial charge in [0.05, 0.1) is 55.9 Å². The molecular formula is C57H76N8O20. The number of likely N-dealkylation sites (tertiary alicyclic amines) is 3. The van der Waals surface area contributed by atoms with Crippen LogP contribution in [0.15, 0.2) is 85.0 Å². The summed E-state index contributed by atoms with van der Waals surface area (Å²) >= 11 is 0. The van der Waals surface area contributed by atoms with E-state index in [-0.39, 0.29) is 56.1 Å². The minimum absolute atomic E-state index is 0.00477. The number of hydrogen-bond donors (Lipinski definition) is 1. The molecule has 0 radical (unpaired) electrons. The first-order valence-corrected chi connectivity index (χ1v) is 27.2.